The third-order valence-corrected chi connectivity index (χ3v) is 2.77. The van der Waals surface area contributed by atoms with Crippen molar-refractivity contribution in [1.29, 1.82) is 0 Å². The van der Waals surface area contributed by atoms with E-state index in [2.05, 4.69) is 20.5 Å². The van der Waals surface area contributed by atoms with Crippen LogP contribution < -0.4 is 4.90 Å². The van der Waals surface area contributed by atoms with Crippen LogP contribution in [0.15, 0.2) is 24.3 Å². The zero-order chi connectivity index (χ0) is 11.7. The molecule has 0 saturated carbocycles. The van der Waals surface area contributed by atoms with Crippen molar-refractivity contribution >= 4 is 28.6 Å². The molecule has 3 nitrogen and oxygen atoms in total. The van der Waals surface area contributed by atoms with Gasteiger partial charge in [0.15, 0.2) is 0 Å². The molecule has 1 atom stereocenters. The van der Waals surface area contributed by atoms with Crippen LogP contribution >= 0.6 is 11.6 Å². The van der Waals surface area contributed by atoms with Gasteiger partial charge in [-0.1, -0.05) is 12.1 Å². The number of hydrogen-bond acceptors (Lipinski definition) is 2. The van der Waals surface area contributed by atoms with Crippen molar-refractivity contribution < 1.29 is 0 Å². The van der Waals surface area contributed by atoms with Crippen LogP contribution in [0.25, 0.3) is 11.0 Å². The molecule has 0 saturated heterocycles. The highest BCUT2D eigenvalue weighted by Crippen LogP contribution is 2.20. The third-order valence-electron chi connectivity index (χ3n) is 2.63. The maximum absolute atomic E-state index is 5.99. The summed E-state index contributed by atoms with van der Waals surface area (Å²) in [6.07, 6.45) is 0. The van der Waals surface area contributed by atoms with Crippen molar-refractivity contribution in [1.82, 2.24) is 9.55 Å². The first-order valence-corrected chi connectivity index (χ1v) is 5.80. The number of halogens is 1. The van der Waals surface area contributed by atoms with Gasteiger partial charge in [0.2, 0.25) is 5.95 Å². The fourth-order valence-corrected chi connectivity index (χ4v) is 2.14. The van der Waals surface area contributed by atoms with Gasteiger partial charge in [-0.15, -0.1) is 11.6 Å². The van der Waals surface area contributed by atoms with E-state index in [9.17, 15) is 0 Å². The number of aryl methyl sites for hydroxylation is 1. The Balaban J connectivity index is 2.41. The molecule has 0 N–H and O–H groups in total. The van der Waals surface area contributed by atoms with Gasteiger partial charge in [-0.3, -0.25) is 0 Å². The summed E-state index contributed by atoms with van der Waals surface area (Å²) in [6.45, 7) is 2.78. The molecule has 0 aliphatic rings. The van der Waals surface area contributed by atoms with E-state index in [0.29, 0.717) is 0 Å². The molecule has 0 aliphatic carbocycles. The van der Waals surface area contributed by atoms with Gasteiger partial charge >= 0.3 is 0 Å². The van der Waals surface area contributed by atoms with E-state index >= 15 is 0 Å². The number of anilines is 1. The number of benzene rings is 1. The first kappa shape index (κ1) is 11.3. The van der Waals surface area contributed by atoms with Crippen LogP contribution in [0.5, 0.6) is 0 Å². The van der Waals surface area contributed by atoms with Gasteiger partial charge in [-0.2, -0.15) is 0 Å². The lowest BCUT2D eigenvalue weighted by Crippen LogP contribution is -2.26. The quantitative estimate of drug-likeness (QED) is 0.766. The van der Waals surface area contributed by atoms with Gasteiger partial charge in [0.05, 0.1) is 11.0 Å². The number of aromatic nitrogens is 2. The highest BCUT2D eigenvalue weighted by Gasteiger charge is 2.12. The van der Waals surface area contributed by atoms with Crippen LogP contribution in [0.1, 0.15) is 6.92 Å². The molecule has 0 aliphatic heterocycles. The van der Waals surface area contributed by atoms with Gasteiger partial charge in [-0.25, -0.2) is 4.98 Å². The van der Waals surface area contributed by atoms with E-state index in [1.54, 1.807) is 0 Å². The topological polar surface area (TPSA) is 21.1 Å². The molecule has 1 aromatic heterocycles. The van der Waals surface area contributed by atoms with Crippen LogP contribution in [0.2, 0.25) is 0 Å². The van der Waals surface area contributed by atoms with E-state index in [1.165, 1.54) is 0 Å². The molecule has 0 amide bonds. The zero-order valence-electron chi connectivity index (χ0n) is 9.81. The van der Waals surface area contributed by atoms with Gasteiger partial charge < -0.3 is 9.47 Å². The summed E-state index contributed by atoms with van der Waals surface area (Å²) in [7, 11) is 4.04. The Labute approximate surface area is 101 Å². The Morgan fingerprint density at radius 3 is 2.75 bits per heavy atom. The number of hydrogen-bond donors (Lipinski definition) is 0. The normalized spacial score (nSPS) is 13.0. The maximum atomic E-state index is 5.99. The summed E-state index contributed by atoms with van der Waals surface area (Å²) in [5.74, 6) is 0.953. The van der Waals surface area contributed by atoms with Crippen LogP contribution in [0.4, 0.5) is 5.95 Å². The number of para-hydroxylation sites is 2. The Morgan fingerprint density at radius 2 is 2.12 bits per heavy atom. The standard InChI is InChI=1S/C12H16ClN3/c1-9(13)8-15(2)12-14-10-6-4-5-7-11(10)16(12)3/h4-7,9H,8H2,1-3H3. The van der Waals surface area contributed by atoms with Crippen molar-refractivity contribution in [2.75, 3.05) is 18.5 Å². The summed E-state index contributed by atoms with van der Waals surface area (Å²) in [5, 5.41) is 0.116. The van der Waals surface area contributed by atoms with Crippen LogP contribution in [0.3, 0.4) is 0 Å². The molecule has 0 radical (unpaired) electrons. The maximum Gasteiger partial charge on any atom is 0.206 e. The van der Waals surface area contributed by atoms with Crippen molar-refractivity contribution in [2.45, 2.75) is 12.3 Å². The SMILES string of the molecule is CC(Cl)CN(C)c1nc2ccccc2n1C. The average Bonchev–Trinajstić information content (AvgIpc) is 2.56. The Bertz CT molecular complexity index is 490. The summed E-state index contributed by atoms with van der Waals surface area (Å²) < 4.78 is 2.09. The minimum Gasteiger partial charge on any atom is -0.344 e. The fraction of sp³-hybridized carbons (Fsp3) is 0.417. The molecule has 1 aromatic carbocycles. The lowest BCUT2D eigenvalue weighted by molar-refractivity contribution is 0.793. The minimum atomic E-state index is 0.116. The number of alkyl halides is 1. The number of imidazole rings is 1. The molecule has 0 fully saturated rings. The molecule has 1 unspecified atom stereocenters. The second-order valence-electron chi connectivity index (χ2n) is 4.12. The predicted octanol–water partition coefficient (Wildman–Crippen LogP) is 2.64. The van der Waals surface area contributed by atoms with Crippen molar-refractivity contribution in [2.24, 2.45) is 7.05 Å². The number of rotatable bonds is 3. The molecule has 16 heavy (non-hydrogen) atoms. The van der Waals surface area contributed by atoms with Crippen molar-refractivity contribution in [3.8, 4) is 0 Å². The van der Waals surface area contributed by atoms with Gasteiger partial charge in [0, 0.05) is 26.0 Å². The summed E-state index contributed by atoms with van der Waals surface area (Å²) >= 11 is 5.99. The third kappa shape index (κ3) is 2.00. The molecule has 1 heterocycles. The lowest BCUT2D eigenvalue weighted by Gasteiger charge is -2.19. The Hall–Kier alpha value is -1.22. The molecule has 4 heteroatoms. The van der Waals surface area contributed by atoms with Crippen LogP contribution in [-0.4, -0.2) is 28.5 Å². The first-order valence-electron chi connectivity index (χ1n) is 5.36. The van der Waals surface area contributed by atoms with Crippen molar-refractivity contribution in [3.63, 3.8) is 0 Å². The average molecular weight is 238 g/mol. The van der Waals surface area contributed by atoms with E-state index in [4.69, 9.17) is 11.6 Å². The Morgan fingerprint density at radius 1 is 1.44 bits per heavy atom. The highest BCUT2D eigenvalue weighted by molar-refractivity contribution is 6.20. The van der Waals surface area contributed by atoms with Crippen LogP contribution in [0, 0.1) is 0 Å². The molecule has 0 bridgehead atoms. The highest BCUT2D eigenvalue weighted by atomic mass is 35.5. The molecule has 2 rings (SSSR count). The van der Waals surface area contributed by atoms with E-state index in [1.807, 2.05) is 39.2 Å². The summed E-state index contributed by atoms with van der Waals surface area (Å²) in [6, 6.07) is 8.13. The molecule has 2 aromatic rings. The smallest absolute Gasteiger partial charge is 0.206 e. The zero-order valence-corrected chi connectivity index (χ0v) is 10.6. The van der Waals surface area contributed by atoms with Crippen LogP contribution in [-0.2, 0) is 7.05 Å². The van der Waals surface area contributed by atoms with E-state index < -0.39 is 0 Å². The second kappa shape index (κ2) is 4.34. The molecule has 0 spiro atoms. The fourth-order valence-electron chi connectivity index (χ4n) is 1.93. The monoisotopic (exact) mass is 237 g/mol. The minimum absolute atomic E-state index is 0.116. The summed E-state index contributed by atoms with van der Waals surface area (Å²) in [5.41, 5.74) is 2.17. The largest absolute Gasteiger partial charge is 0.344 e. The number of fused-ring (bicyclic) bond motifs is 1. The van der Waals surface area contributed by atoms with E-state index in [0.717, 1.165) is 23.5 Å². The molecular formula is C12H16ClN3. The van der Waals surface area contributed by atoms with Crippen molar-refractivity contribution in [3.05, 3.63) is 24.3 Å². The Kier molecular flexibility index (Phi) is 3.06. The molecular weight excluding hydrogens is 222 g/mol. The van der Waals surface area contributed by atoms with Gasteiger partial charge in [-0.05, 0) is 19.1 Å². The van der Waals surface area contributed by atoms with E-state index in [-0.39, 0.29) is 5.38 Å². The predicted molar refractivity (Wildman–Crippen MR) is 69.3 cm³/mol. The second-order valence-corrected chi connectivity index (χ2v) is 4.87. The van der Waals surface area contributed by atoms with Gasteiger partial charge in [0.1, 0.15) is 0 Å². The summed E-state index contributed by atoms with van der Waals surface area (Å²) in [4.78, 5) is 6.68. The first-order chi connectivity index (χ1) is 7.59. The lowest BCUT2D eigenvalue weighted by atomic mass is 10.3. The molecule has 86 valence electrons. The number of nitrogens with zero attached hydrogens (tertiary/aromatic N) is 3. The van der Waals surface area contributed by atoms with Gasteiger partial charge in [0.25, 0.3) is 0 Å².